The molecule has 12 heteroatoms. The van der Waals surface area contributed by atoms with E-state index in [9.17, 15) is 17.3 Å². The Labute approximate surface area is 222 Å². The van der Waals surface area contributed by atoms with Gasteiger partial charge in [-0.25, -0.2) is 0 Å². The lowest BCUT2D eigenvalue weighted by Gasteiger charge is -2.35. The Hall–Kier alpha value is -2.44. The number of aryl methyl sites for hydroxylation is 2. The molecule has 2 heterocycles. The van der Waals surface area contributed by atoms with E-state index in [-0.39, 0.29) is 0 Å². The summed E-state index contributed by atoms with van der Waals surface area (Å²) < 4.78 is 47.2. The molecular formula is C25H34BF4N5S2. The van der Waals surface area contributed by atoms with Crippen LogP contribution < -0.4 is 9.60 Å². The van der Waals surface area contributed by atoms with Crippen LogP contribution in [0.15, 0.2) is 58.7 Å². The van der Waals surface area contributed by atoms with Crippen molar-refractivity contribution in [3.05, 3.63) is 58.1 Å². The predicted molar refractivity (Wildman–Crippen MR) is 148 cm³/mol. The van der Waals surface area contributed by atoms with Gasteiger partial charge in [-0.15, -0.1) is 10.2 Å². The van der Waals surface area contributed by atoms with Gasteiger partial charge < -0.3 is 30.9 Å². The quantitative estimate of drug-likeness (QED) is 0.0731. The van der Waals surface area contributed by atoms with Crippen molar-refractivity contribution in [1.82, 2.24) is 9.13 Å². The molecular weight excluding hydrogens is 521 g/mol. The van der Waals surface area contributed by atoms with Crippen molar-refractivity contribution < 1.29 is 21.7 Å². The first-order valence-corrected chi connectivity index (χ1v) is 14.2. The Kier molecular flexibility index (Phi) is 10.1. The lowest BCUT2D eigenvalue weighted by atomic mass is 10.2. The van der Waals surface area contributed by atoms with Gasteiger partial charge in [-0.05, 0) is 57.9 Å². The highest BCUT2D eigenvalue weighted by Gasteiger charge is 2.21. The largest absolute Gasteiger partial charge is 0.673 e. The number of aromatic nitrogens is 2. The van der Waals surface area contributed by atoms with Gasteiger partial charge in [0, 0.05) is 13.6 Å². The van der Waals surface area contributed by atoms with E-state index in [1.165, 1.54) is 57.5 Å². The third-order valence-electron chi connectivity index (χ3n) is 6.80. The minimum absolute atomic E-state index is 0.922. The zero-order chi connectivity index (χ0) is 27.1. The zero-order valence-corrected chi connectivity index (χ0v) is 23.3. The number of quaternary nitrogens is 1. The molecule has 2 aromatic heterocycles. The van der Waals surface area contributed by atoms with Crippen molar-refractivity contribution in [3.63, 3.8) is 0 Å². The maximum Gasteiger partial charge on any atom is 0.673 e. The first-order valence-electron chi connectivity index (χ1n) is 12.5. The Balaban J connectivity index is 0.000000695. The van der Waals surface area contributed by atoms with Gasteiger partial charge in [0.2, 0.25) is 9.60 Å². The van der Waals surface area contributed by atoms with E-state index >= 15 is 0 Å². The number of rotatable bonds is 9. The molecule has 4 rings (SSSR count). The SMILES string of the molecule is CC[N+](CC)(CC)CCCCn1c(=NN=c2sc3ccccc3n2C)sc2ccccc21.F[B-](F)(F)F. The molecule has 0 bridgehead atoms. The fourth-order valence-corrected chi connectivity index (χ4v) is 6.42. The molecule has 0 spiro atoms. The normalized spacial score (nSPS) is 13.4. The molecule has 0 fully saturated rings. The number of thiazole rings is 2. The maximum atomic E-state index is 9.75. The molecule has 0 radical (unpaired) electrons. The number of halogens is 4. The van der Waals surface area contributed by atoms with Crippen LogP contribution in [0.1, 0.15) is 33.6 Å². The molecule has 2 aromatic carbocycles. The first kappa shape index (κ1) is 29.1. The zero-order valence-electron chi connectivity index (χ0n) is 21.7. The molecule has 4 aromatic rings. The second-order valence-electron chi connectivity index (χ2n) is 8.83. The summed E-state index contributed by atoms with van der Waals surface area (Å²) in [7, 11) is -3.94. The van der Waals surface area contributed by atoms with E-state index < -0.39 is 7.25 Å². The van der Waals surface area contributed by atoms with Crippen molar-refractivity contribution in [2.45, 2.75) is 40.2 Å². The van der Waals surface area contributed by atoms with Crippen LogP contribution in [0.4, 0.5) is 17.3 Å². The third-order valence-corrected chi connectivity index (χ3v) is 8.95. The van der Waals surface area contributed by atoms with Crippen LogP contribution in [-0.4, -0.2) is 47.1 Å². The summed E-state index contributed by atoms with van der Waals surface area (Å²) >= 11 is 3.41. The van der Waals surface area contributed by atoms with Crippen LogP contribution in [0.2, 0.25) is 0 Å². The highest BCUT2D eigenvalue weighted by Crippen LogP contribution is 2.18. The van der Waals surface area contributed by atoms with Gasteiger partial charge in [0.05, 0.1) is 46.6 Å². The molecule has 37 heavy (non-hydrogen) atoms. The second kappa shape index (κ2) is 12.9. The van der Waals surface area contributed by atoms with E-state index in [0.29, 0.717) is 0 Å². The number of unbranched alkanes of at least 4 members (excludes halogenated alkanes) is 1. The van der Waals surface area contributed by atoms with Crippen LogP contribution >= 0.6 is 22.7 Å². The van der Waals surface area contributed by atoms with Gasteiger partial charge in [-0.2, -0.15) is 0 Å². The smallest absolute Gasteiger partial charge is 0.418 e. The second-order valence-corrected chi connectivity index (χ2v) is 10.8. The number of hydrogen-bond acceptors (Lipinski definition) is 4. The topological polar surface area (TPSA) is 34.6 Å². The minimum Gasteiger partial charge on any atom is -0.418 e. The van der Waals surface area contributed by atoms with Crippen LogP contribution in [-0.2, 0) is 13.6 Å². The van der Waals surface area contributed by atoms with Crippen LogP contribution in [0.25, 0.3) is 20.4 Å². The van der Waals surface area contributed by atoms with Gasteiger partial charge in [0.1, 0.15) is 0 Å². The summed E-state index contributed by atoms with van der Waals surface area (Å²) in [6, 6.07) is 17.0. The average molecular weight is 556 g/mol. The van der Waals surface area contributed by atoms with Crippen molar-refractivity contribution >= 4 is 50.4 Å². The van der Waals surface area contributed by atoms with Crippen LogP contribution in [0.3, 0.4) is 0 Å². The molecule has 0 amide bonds. The first-order chi connectivity index (χ1) is 17.6. The van der Waals surface area contributed by atoms with Gasteiger partial charge in [0.15, 0.2) is 0 Å². The van der Waals surface area contributed by atoms with E-state index in [2.05, 4.69) is 90.6 Å². The van der Waals surface area contributed by atoms with Crippen molar-refractivity contribution in [2.24, 2.45) is 17.3 Å². The number of para-hydroxylation sites is 2. The molecule has 0 unspecified atom stereocenters. The molecule has 0 aliphatic carbocycles. The molecule has 0 saturated heterocycles. The van der Waals surface area contributed by atoms with Crippen molar-refractivity contribution in [1.29, 1.82) is 0 Å². The third kappa shape index (κ3) is 7.78. The molecule has 0 N–H and O–H groups in total. The molecule has 5 nitrogen and oxygen atoms in total. The summed E-state index contributed by atoms with van der Waals surface area (Å²) in [4.78, 5) is 1.90. The predicted octanol–water partition coefficient (Wildman–Crippen LogP) is 6.63. The summed E-state index contributed by atoms with van der Waals surface area (Å²) in [6.45, 7) is 12.8. The Morgan fingerprint density at radius 2 is 1.24 bits per heavy atom. The van der Waals surface area contributed by atoms with E-state index in [0.717, 1.165) is 22.6 Å². The Bertz CT molecular complexity index is 1420. The lowest BCUT2D eigenvalue weighted by Crippen LogP contribution is -2.48. The molecule has 0 aliphatic rings. The molecule has 0 atom stereocenters. The molecule has 0 aliphatic heterocycles. The summed E-state index contributed by atoms with van der Waals surface area (Å²) in [6.07, 6.45) is 2.39. The number of fused-ring (bicyclic) bond motifs is 2. The van der Waals surface area contributed by atoms with Crippen molar-refractivity contribution in [3.8, 4) is 0 Å². The summed E-state index contributed by atoms with van der Waals surface area (Å²) in [5, 5.41) is 9.41. The maximum absolute atomic E-state index is 9.75. The number of benzene rings is 2. The van der Waals surface area contributed by atoms with Crippen LogP contribution in [0.5, 0.6) is 0 Å². The van der Waals surface area contributed by atoms with E-state index in [1.54, 1.807) is 22.7 Å². The van der Waals surface area contributed by atoms with E-state index in [4.69, 9.17) is 5.10 Å². The van der Waals surface area contributed by atoms with Crippen LogP contribution in [0, 0.1) is 0 Å². The lowest BCUT2D eigenvalue weighted by molar-refractivity contribution is -0.923. The van der Waals surface area contributed by atoms with Crippen molar-refractivity contribution in [2.75, 3.05) is 26.2 Å². The van der Waals surface area contributed by atoms with Gasteiger partial charge >= 0.3 is 7.25 Å². The monoisotopic (exact) mass is 555 g/mol. The van der Waals surface area contributed by atoms with Gasteiger partial charge in [0.25, 0.3) is 0 Å². The van der Waals surface area contributed by atoms with E-state index in [1.807, 2.05) is 0 Å². The fraction of sp³-hybridized carbons (Fsp3) is 0.440. The highest BCUT2D eigenvalue weighted by atomic mass is 32.1. The standard InChI is InChI=1S/C25H34N5S2.BF4/c1-5-30(6-2,7-3)19-13-12-18-29-21-15-9-11-17-23(21)32-25(29)27-26-24-28(4)20-14-8-10-16-22(20)31-24;2-1(3,4)5/h8-11,14-17H,5-7,12-13,18-19H2,1-4H3;/q+1;-1. The Morgan fingerprint density at radius 3 is 1.81 bits per heavy atom. The Morgan fingerprint density at radius 1 is 0.757 bits per heavy atom. The highest BCUT2D eigenvalue weighted by molar-refractivity contribution is 7.16. The average Bonchev–Trinajstić information content (AvgIpc) is 3.39. The summed E-state index contributed by atoms with van der Waals surface area (Å²) in [5.74, 6) is 0. The number of nitrogens with zero attached hydrogens (tertiary/aromatic N) is 5. The fourth-order valence-electron chi connectivity index (χ4n) is 4.44. The van der Waals surface area contributed by atoms with Gasteiger partial charge in [-0.1, -0.05) is 46.9 Å². The number of hydrogen-bond donors (Lipinski definition) is 0. The molecule has 0 saturated carbocycles. The molecule has 202 valence electrons. The minimum atomic E-state index is -6.00. The summed E-state index contributed by atoms with van der Waals surface area (Å²) in [5.41, 5.74) is 2.45. The van der Waals surface area contributed by atoms with Gasteiger partial charge in [-0.3, -0.25) is 0 Å².